The van der Waals surface area contributed by atoms with E-state index < -0.39 is 29.5 Å². The molecule has 0 saturated carbocycles. The van der Waals surface area contributed by atoms with Crippen LogP contribution in [-0.4, -0.2) is 49.8 Å². The molecule has 2 amide bonds. The van der Waals surface area contributed by atoms with Crippen molar-refractivity contribution in [1.29, 1.82) is 0 Å². The van der Waals surface area contributed by atoms with E-state index in [4.69, 9.17) is 20.9 Å². The molecule has 2 aromatic heterocycles. The molecule has 3 N–H and O–H groups in total. The summed E-state index contributed by atoms with van der Waals surface area (Å²) in [5.74, 6) is -2.02. The second-order valence-electron chi connectivity index (χ2n) is 11.8. The third-order valence-corrected chi connectivity index (χ3v) is 7.11. The number of pyridine rings is 1. The van der Waals surface area contributed by atoms with Gasteiger partial charge in [-0.15, -0.1) is 0 Å². The highest BCUT2D eigenvalue weighted by atomic mass is 35.5. The van der Waals surface area contributed by atoms with Gasteiger partial charge in [0.25, 0.3) is 5.89 Å². The predicted molar refractivity (Wildman–Crippen MR) is 177 cm³/mol. The number of esters is 1. The Bertz CT molecular complexity index is 1940. The second-order valence-corrected chi connectivity index (χ2v) is 12.3. The molecule has 2 heterocycles. The Morgan fingerprint density at radius 2 is 1.69 bits per heavy atom. The first-order valence-electron chi connectivity index (χ1n) is 14.8. The fraction of sp³-hybridized carbons (Fsp3) is 0.200. The SMILES string of the molecule is CC(C)(C)OC(=O)Cc1ccc(-c2nc(-c3ccc(CC(NC(=O)Nc4ccc(-c5cccc(Cl)c5)cn4)C(=O)O)cc3F)no2)cc1. The smallest absolute Gasteiger partial charge is 0.326 e. The molecule has 48 heavy (non-hydrogen) atoms. The summed E-state index contributed by atoms with van der Waals surface area (Å²) in [7, 11) is 0. The predicted octanol–water partition coefficient (Wildman–Crippen LogP) is 6.96. The summed E-state index contributed by atoms with van der Waals surface area (Å²) in [6, 6.07) is 19.3. The number of halogens is 2. The molecule has 1 unspecified atom stereocenters. The van der Waals surface area contributed by atoms with Crippen molar-refractivity contribution in [3.63, 3.8) is 0 Å². The van der Waals surface area contributed by atoms with Crippen LogP contribution < -0.4 is 10.6 Å². The summed E-state index contributed by atoms with van der Waals surface area (Å²) in [5.41, 5.74) is 2.71. The number of hydrogen-bond acceptors (Lipinski definition) is 8. The minimum atomic E-state index is -1.36. The number of aromatic nitrogens is 3. The monoisotopic (exact) mass is 671 g/mol. The van der Waals surface area contributed by atoms with Crippen LogP contribution in [0, 0.1) is 5.82 Å². The van der Waals surface area contributed by atoms with Gasteiger partial charge in [0.1, 0.15) is 23.3 Å². The third-order valence-electron chi connectivity index (χ3n) is 6.88. The molecule has 246 valence electrons. The molecular weight excluding hydrogens is 641 g/mol. The van der Waals surface area contributed by atoms with Gasteiger partial charge in [-0.05, 0) is 86.0 Å². The van der Waals surface area contributed by atoms with Gasteiger partial charge in [0.15, 0.2) is 0 Å². The average Bonchev–Trinajstić information content (AvgIpc) is 3.50. The van der Waals surface area contributed by atoms with E-state index in [1.54, 1.807) is 75.5 Å². The van der Waals surface area contributed by atoms with Crippen molar-refractivity contribution in [3.05, 3.63) is 107 Å². The van der Waals surface area contributed by atoms with Gasteiger partial charge in [0.05, 0.1) is 12.0 Å². The van der Waals surface area contributed by atoms with Crippen molar-refractivity contribution in [3.8, 4) is 34.0 Å². The Kier molecular flexibility index (Phi) is 10.1. The van der Waals surface area contributed by atoms with E-state index in [0.29, 0.717) is 16.1 Å². The zero-order chi connectivity index (χ0) is 34.4. The molecule has 0 saturated heterocycles. The van der Waals surface area contributed by atoms with Crippen LogP contribution in [-0.2, 0) is 27.2 Å². The zero-order valence-corrected chi connectivity index (χ0v) is 26.9. The fourth-order valence-electron chi connectivity index (χ4n) is 4.68. The van der Waals surface area contributed by atoms with E-state index >= 15 is 4.39 Å². The highest BCUT2D eigenvalue weighted by Crippen LogP contribution is 2.26. The lowest BCUT2D eigenvalue weighted by atomic mass is 10.0. The first-order valence-corrected chi connectivity index (χ1v) is 15.2. The van der Waals surface area contributed by atoms with Crippen LogP contribution in [0.2, 0.25) is 5.02 Å². The summed E-state index contributed by atoms with van der Waals surface area (Å²) in [6.07, 6.45) is 1.45. The molecule has 0 aliphatic heterocycles. The lowest BCUT2D eigenvalue weighted by Gasteiger charge is -2.19. The average molecular weight is 672 g/mol. The number of hydrogen-bond donors (Lipinski definition) is 3. The molecule has 1 atom stereocenters. The van der Waals surface area contributed by atoms with E-state index in [9.17, 15) is 19.5 Å². The molecule has 11 nitrogen and oxygen atoms in total. The van der Waals surface area contributed by atoms with Crippen LogP contribution in [0.1, 0.15) is 31.9 Å². The minimum Gasteiger partial charge on any atom is -0.480 e. The van der Waals surface area contributed by atoms with Gasteiger partial charge < -0.3 is 19.7 Å². The summed E-state index contributed by atoms with van der Waals surface area (Å²) in [6.45, 7) is 5.39. The van der Waals surface area contributed by atoms with Gasteiger partial charge >= 0.3 is 18.0 Å². The van der Waals surface area contributed by atoms with Crippen LogP contribution in [0.3, 0.4) is 0 Å². The normalized spacial score (nSPS) is 11.9. The molecule has 0 bridgehead atoms. The number of aliphatic carboxylic acids is 1. The van der Waals surface area contributed by atoms with Crippen molar-refractivity contribution >= 4 is 35.4 Å². The van der Waals surface area contributed by atoms with Gasteiger partial charge in [0, 0.05) is 28.8 Å². The maximum absolute atomic E-state index is 15.2. The van der Waals surface area contributed by atoms with Crippen molar-refractivity contribution < 1.29 is 33.1 Å². The number of ether oxygens (including phenoxy) is 1. The summed E-state index contributed by atoms with van der Waals surface area (Å²) in [5, 5.41) is 19.1. The Labute approximate surface area is 280 Å². The first kappa shape index (κ1) is 33.7. The number of carboxylic acid groups (broad SMARTS) is 1. The number of carbonyl (C=O) groups is 3. The number of nitrogens with zero attached hydrogens (tertiary/aromatic N) is 3. The molecule has 0 radical (unpaired) electrons. The number of amides is 2. The van der Waals surface area contributed by atoms with E-state index in [2.05, 4.69) is 25.8 Å². The Balaban J connectivity index is 1.19. The van der Waals surface area contributed by atoms with Crippen LogP contribution in [0.25, 0.3) is 34.0 Å². The number of nitrogens with one attached hydrogen (secondary N) is 2. The van der Waals surface area contributed by atoms with Crippen molar-refractivity contribution in [1.82, 2.24) is 20.4 Å². The molecule has 5 aromatic rings. The van der Waals surface area contributed by atoms with Gasteiger partial charge in [-0.25, -0.2) is 19.0 Å². The summed E-state index contributed by atoms with van der Waals surface area (Å²) >= 11 is 6.05. The number of urea groups is 1. The topological polar surface area (TPSA) is 157 Å². The number of carbonyl (C=O) groups excluding carboxylic acids is 2. The van der Waals surface area contributed by atoms with E-state index in [1.165, 1.54) is 12.1 Å². The minimum absolute atomic E-state index is 0.00644. The van der Waals surface area contributed by atoms with Crippen LogP contribution >= 0.6 is 11.6 Å². The van der Waals surface area contributed by atoms with Crippen molar-refractivity contribution in [2.45, 2.75) is 45.3 Å². The Morgan fingerprint density at radius 1 is 0.958 bits per heavy atom. The van der Waals surface area contributed by atoms with Gasteiger partial charge in [-0.2, -0.15) is 4.98 Å². The number of anilines is 1. The fourth-order valence-corrected chi connectivity index (χ4v) is 4.87. The van der Waals surface area contributed by atoms with Crippen LogP contribution in [0.15, 0.2) is 89.6 Å². The number of rotatable bonds is 10. The van der Waals surface area contributed by atoms with Gasteiger partial charge in [-0.1, -0.05) is 47.1 Å². The van der Waals surface area contributed by atoms with E-state index in [0.717, 1.165) is 22.8 Å². The molecule has 0 fully saturated rings. The lowest BCUT2D eigenvalue weighted by molar-refractivity contribution is -0.154. The summed E-state index contributed by atoms with van der Waals surface area (Å²) in [4.78, 5) is 45.1. The standard InChI is InChI=1S/C35H31ClFN5O6/c1-35(2,3)47-30(43)17-20-7-10-22(11-8-20)32-41-31(42-48-32)26-13-9-21(15-27(26)37)16-28(33(44)45)39-34(46)40-29-14-12-24(19-38-29)23-5-4-6-25(36)18-23/h4-15,18-19,28H,16-17H2,1-3H3,(H,44,45)(H2,38,39,40,46). The lowest BCUT2D eigenvalue weighted by Crippen LogP contribution is -2.44. The first-order chi connectivity index (χ1) is 22.8. The maximum atomic E-state index is 15.2. The Hall–Kier alpha value is -5.62. The second kappa shape index (κ2) is 14.4. The maximum Gasteiger partial charge on any atom is 0.326 e. The van der Waals surface area contributed by atoms with E-state index in [1.807, 2.05) is 12.1 Å². The van der Waals surface area contributed by atoms with Gasteiger partial charge in [0.2, 0.25) is 5.82 Å². The highest BCUT2D eigenvalue weighted by molar-refractivity contribution is 6.30. The number of carboxylic acids is 1. The quantitative estimate of drug-likeness (QED) is 0.134. The molecule has 0 spiro atoms. The third kappa shape index (κ3) is 9.01. The van der Waals surface area contributed by atoms with Crippen LogP contribution in [0.4, 0.5) is 15.0 Å². The van der Waals surface area contributed by atoms with Crippen LogP contribution in [0.5, 0.6) is 0 Å². The van der Waals surface area contributed by atoms with Gasteiger partial charge in [-0.3, -0.25) is 10.1 Å². The molecular formula is C35H31ClFN5O6. The molecule has 3 aromatic carbocycles. The zero-order valence-electron chi connectivity index (χ0n) is 26.2. The largest absolute Gasteiger partial charge is 0.480 e. The Morgan fingerprint density at radius 3 is 2.33 bits per heavy atom. The molecule has 13 heteroatoms. The van der Waals surface area contributed by atoms with Crippen molar-refractivity contribution in [2.75, 3.05) is 5.32 Å². The summed E-state index contributed by atoms with van der Waals surface area (Å²) < 4.78 is 25.9. The van der Waals surface area contributed by atoms with Crippen molar-refractivity contribution in [2.24, 2.45) is 0 Å². The number of benzene rings is 3. The molecule has 5 rings (SSSR count). The molecule has 0 aliphatic carbocycles. The highest BCUT2D eigenvalue weighted by Gasteiger charge is 2.23. The molecule has 0 aliphatic rings. The van der Waals surface area contributed by atoms with E-state index in [-0.39, 0.29) is 41.9 Å².